The average molecular weight is 385 g/mol. The van der Waals surface area contributed by atoms with Gasteiger partial charge < -0.3 is 15.2 Å². The number of amides is 2. The first kappa shape index (κ1) is 16.6. The number of carbonyl (C=O) groups is 1. The van der Waals surface area contributed by atoms with E-state index in [9.17, 15) is 4.79 Å². The number of aryl methyl sites for hydroxylation is 1. The van der Waals surface area contributed by atoms with E-state index < -0.39 is 0 Å². The minimum atomic E-state index is 0.0190. The molecule has 5 rings (SSSR count). The molecular formula is C19H21ClN6O. The van der Waals surface area contributed by atoms with Crippen LogP contribution in [0.1, 0.15) is 26.0 Å². The van der Waals surface area contributed by atoms with Crippen molar-refractivity contribution in [2.24, 2.45) is 0 Å². The normalized spacial score (nSPS) is 17.6. The molecule has 0 atom stereocenters. The molecular weight excluding hydrogens is 364 g/mol. The highest BCUT2D eigenvalue weighted by Crippen LogP contribution is 2.44. The predicted molar refractivity (Wildman–Crippen MR) is 104 cm³/mol. The van der Waals surface area contributed by atoms with E-state index in [1.165, 1.54) is 5.69 Å². The number of hydrogen-bond acceptors (Lipinski definition) is 3. The van der Waals surface area contributed by atoms with Crippen molar-refractivity contribution in [3.8, 4) is 11.3 Å². The summed E-state index contributed by atoms with van der Waals surface area (Å²) in [6.45, 7) is 6.34. The Morgan fingerprint density at radius 3 is 2.96 bits per heavy atom. The van der Waals surface area contributed by atoms with E-state index in [-0.39, 0.29) is 17.5 Å². The largest absolute Gasteiger partial charge is 0.345 e. The predicted octanol–water partition coefficient (Wildman–Crippen LogP) is 3.15. The molecule has 0 unspecified atom stereocenters. The van der Waals surface area contributed by atoms with Gasteiger partial charge in [-0.15, -0.1) is 0 Å². The molecule has 2 aliphatic heterocycles. The van der Waals surface area contributed by atoms with Gasteiger partial charge in [0.15, 0.2) is 0 Å². The van der Waals surface area contributed by atoms with Gasteiger partial charge in [0.05, 0.1) is 10.7 Å². The number of urea groups is 1. The van der Waals surface area contributed by atoms with E-state index >= 15 is 0 Å². The Hall–Kier alpha value is -2.54. The number of pyridine rings is 1. The maximum Gasteiger partial charge on any atom is 0.317 e. The summed E-state index contributed by atoms with van der Waals surface area (Å²) in [6.07, 6.45) is 4.60. The lowest BCUT2D eigenvalue weighted by atomic mass is 9.76. The quantitative estimate of drug-likeness (QED) is 0.712. The second-order valence-electron chi connectivity index (χ2n) is 7.89. The topological polar surface area (TPSA) is 78.8 Å². The molecule has 1 fully saturated rings. The third-order valence-electron chi connectivity index (χ3n) is 5.59. The van der Waals surface area contributed by atoms with Crippen molar-refractivity contribution in [1.29, 1.82) is 0 Å². The maximum atomic E-state index is 12.2. The molecule has 140 valence electrons. The van der Waals surface area contributed by atoms with Crippen molar-refractivity contribution in [2.75, 3.05) is 13.1 Å². The van der Waals surface area contributed by atoms with Crippen LogP contribution in [0.3, 0.4) is 0 Å². The lowest BCUT2D eigenvalue weighted by Gasteiger charge is -2.47. The number of H-pyrrole nitrogens is 1. The van der Waals surface area contributed by atoms with Crippen LogP contribution < -0.4 is 5.32 Å². The number of rotatable bonds is 2. The Labute approximate surface area is 161 Å². The lowest BCUT2D eigenvalue weighted by Crippen LogP contribution is -2.63. The summed E-state index contributed by atoms with van der Waals surface area (Å²) < 4.78 is 2.08. The van der Waals surface area contributed by atoms with Crippen LogP contribution in [0.4, 0.5) is 4.79 Å². The van der Waals surface area contributed by atoms with Crippen LogP contribution in [0.5, 0.6) is 0 Å². The molecule has 27 heavy (non-hydrogen) atoms. The molecule has 0 radical (unpaired) electrons. The number of nitrogens with zero attached hydrogens (tertiary/aromatic N) is 4. The number of aromatic nitrogens is 4. The second kappa shape index (κ2) is 5.73. The number of fused-ring (bicyclic) bond motifs is 3. The van der Waals surface area contributed by atoms with Gasteiger partial charge in [-0.25, -0.2) is 9.78 Å². The van der Waals surface area contributed by atoms with E-state index in [0.717, 1.165) is 48.3 Å². The molecule has 0 saturated carbocycles. The zero-order chi connectivity index (χ0) is 18.8. The van der Waals surface area contributed by atoms with Crippen molar-refractivity contribution in [3.05, 3.63) is 35.2 Å². The van der Waals surface area contributed by atoms with Gasteiger partial charge >= 0.3 is 6.03 Å². The summed E-state index contributed by atoms with van der Waals surface area (Å²) >= 11 is 6.23. The molecule has 1 spiro atoms. The molecule has 8 heteroatoms. The van der Waals surface area contributed by atoms with Crippen LogP contribution in [0.25, 0.3) is 22.3 Å². The van der Waals surface area contributed by atoms with Crippen LogP contribution in [0.15, 0.2) is 24.5 Å². The van der Waals surface area contributed by atoms with E-state index in [4.69, 9.17) is 16.7 Å². The fourth-order valence-corrected chi connectivity index (χ4v) is 4.40. The molecule has 3 aromatic rings. The highest BCUT2D eigenvalue weighted by Gasteiger charge is 2.51. The highest BCUT2D eigenvalue weighted by atomic mass is 35.5. The zero-order valence-corrected chi connectivity index (χ0v) is 16.0. The first-order valence-electron chi connectivity index (χ1n) is 9.22. The molecule has 5 heterocycles. The lowest BCUT2D eigenvalue weighted by molar-refractivity contribution is 0.0909. The minimum absolute atomic E-state index is 0.0190. The Morgan fingerprint density at radius 2 is 2.19 bits per heavy atom. The number of hydrogen-bond donors (Lipinski definition) is 2. The van der Waals surface area contributed by atoms with Crippen molar-refractivity contribution in [2.45, 2.75) is 38.3 Å². The molecule has 2 aliphatic rings. The molecule has 0 aliphatic carbocycles. The fourth-order valence-electron chi connectivity index (χ4n) is 4.20. The molecule has 3 aromatic heterocycles. The SMILES string of the molecule is CC(C)NC(=O)N1CC2(CCn3nc(-c4cnc5[nH]cc(Cl)c5c4)cc32)C1. The number of carbonyl (C=O) groups excluding carboxylic acids is 1. The van der Waals surface area contributed by atoms with Crippen molar-refractivity contribution >= 4 is 28.7 Å². The molecule has 2 amide bonds. The summed E-state index contributed by atoms with van der Waals surface area (Å²) in [7, 11) is 0. The third kappa shape index (κ3) is 2.52. The zero-order valence-electron chi connectivity index (χ0n) is 15.3. The minimum Gasteiger partial charge on any atom is -0.345 e. The summed E-state index contributed by atoms with van der Waals surface area (Å²) in [6, 6.07) is 4.34. The summed E-state index contributed by atoms with van der Waals surface area (Å²) in [5.41, 5.74) is 3.88. The summed E-state index contributed by atoms with van der Waals surface area (Å²) in [5, 5.41) is 9.31. The Morgan fingerprint density at radius 1 is 1.37 bits per heavy atom. The van der Waals surface area contributed by atoms with Gasteiger partial charge in [0.2, 0.25) is 0 Å². The van der Waals surface area contributed by atoms with Crippen molar-refractivity contribution in [3.63, 3.8) is 0 Å². The monoisotopic (exact) mass is 384 g/mol. The van der Waals surface area contributed by atoms with E-state index in [1.54, 1.807) is 6.20 Å². The van der Waals surface area contributed by atoms with Gasteiger partial charge in [-0.05, 0) is 32.4 Å². The standard InChI is InChI=1S/C19H21ClN6O/c1-11(2)23-18(27)25-9-19(10-25)3-4-26-16(19)6-15(24-26)12-5-13-14(20)8-22-17(13)21-7-12/h5-8,11H,3-4,9-10H2,1-2H3,(H,21,22)(H,23,27). The summed E-state index contributed by atoms with van der Waals surface area (Å²) in [5.74, 6) is 0. The third-order valence-corrected chi connectivity index (χ3v) is 5.90. The van der Waals surface area contributed by atoms with Gasteiger partial charge in [-0.3, -0.25) is 4.68 Å². The van der Waals surface area contributed by atoms with E-state index in [1.807, 2.05) is 31.0 Å². The average Bonchev–Trinajstić information content (AvgIpc) is 3.26. The van der Waals surface area contributed by atoms with Gasteiger partial charge in [-0.1, -0.05) is 11.6 Å². The molecule has 2 N–H and O–H groups in total. The highest BCUT2D eigenvalue weighted by molar-refractivity contribution is 6.35. The first-order chi connectivity index (χ1) is 12.9. The van der Waals surface area contributed by atoms with Crippen LogP contribution in [-0.4, -0.2) is 49.8 Å². The fraction of sp³-hybridized carbons (Fsp3) is 0.421. The number of likely N-dealkylation sites (tertiary alicyclic amines) is 1. The maximum absolute atomic E-state index is 12.2. The smallest absolute Gasteiger partial charge is 0.317 e. The van der Waals surface area contributed by atoms with Crippen molar-refractivity contribution in [1.82, 2.24) is 30.0 Å². The van der Waals surface area contributed by atoms with E-state index in [0.29, 0.717) is 5.02 Å². The van der Waals surface area contributed by atoms with Gasteiger partial charge in [0, 0.05) is 60.1 Å². The number of nitrogens with one attached hydrogen (secondary N) is 2. The first-order valence-corrected chi connectivity index (χ1v) is 9.60. The molecule has 0 bridgehead atoms. The second-order valence-corrected chi connectivity index (χ2v) is 8.29. The van der Waals surface area contributed by atoms with Gasteiger partial charge in [0.1, 0.15) is 5.65 Å². The van der Waals surface area contributed by atoms with E-state index in [2.05, 4.69) is 26.0 Å². The number of aromatic amines is 1. The van der Waals surface area contributed by atoms with Crippen LogP contribution in [0.2, 0.25) is 5.02 Å². The molecule has 1 saturated heterocycles. The van der Waals surface area contributed by atoms with Crippen LogP contribution in [0, 0.1) is 0 Å². The van der Waals surface area contributed by atoms with Gasteiger partial charge in [-0.2, -0.15) is 5.10 Å². The number of halogens is 1. The van der Waals surface area contributed by atoms with Gasteiger partial charge in [0.25, 0.3) is 0 Å². The summed E-state index contributed by atoms with van der Waals surface area (Å²) in [4.78, 5) is 21.6. The Bertz CT molecular complexity index is 1050. The Kier molecular flexibility index (Phi) is 3.53. The van der Waals surface area contributed by atoms with Crippen LogP contribution in [-0.2, 0) is 12.0 Å². The van der Waals surface area contributed by atoms with Crippen LogP contribution >= 0.6 is 11.6 Å². The molecule has 7 nitrogen and oxygen atoms in total. The molecule has 0 aromatic carbocycles. The van der Waals surface area contributed by atoms with Crippen molar-refractivity contribution < 1.29 is 4.79 Å². The Balaban J connectivity index is 1.41.